The zero-order chi connectivity index (χ0) is 20.5. The maximum Gasteiger partial charge on any atom is 0.350 e. The molecule has 8 nitrogen and oxygen atoms in total. The molecule has 9 heteroatoms. The van der Waals surface area contributed by atoms with Gasteiger partial charge in [-0.3, -0.25) is 9.79 Å². The van der Waals surface area contributed by atoms with E-state index in [0.717, 1.165) is 17.8 Å². The highest BCUT2D eigenvalue weighted by Crippen LogP contribution is 2.24. The lowest BCUT2D eigenvalue weighted by Crippen LogP contribution is -2.46. The molecule has 2 rings (SSSR count). The van der Waals surface area contributed by atoms with E-state index in [-0.39, 0.29) is 30.5 Å². The van der Waals surface area contributed by atoms with E-state index in [1.807, 2.05) is 6.92 Å². The first-order valence-corrected chi connectivity index (χ1v) is 10.7. The molecule has 1 heterocycles. The number of hydrogen-bond donors (Lipinski definition) is 3. The predicted octanol–water partition coefficient (Wildman–Crippen LogP) is 2.30. The second kappa shape index (κ2) is 11.0. The van der Waals surface area contributed by atoms with Crippen molar-refractivity contribution in [1.29, 1.82) is 0 Å². The number of aliphatic imine (C=N–C) groups is 1. The summed E-state index contributed by atoms with van der Waals surface area (Å²) in [5.41, 5.74) is 0.655. The number of rotatable bonds is 7. The van der Waals surface area contributed by atoms with Crippen LogP contribution in [0, 0.1) is 6.92 Å². The van der Waals surface area contributed by atoms with Crippen LogP contribution < -0.4 is 16.0 Å². The highest BCUT2D eigenvalue weighted by molar-refractivity contribution is 7.13. The lowest BCUT2D eigenvalue weighted by atomic mass is 9.95. The fourth-order valence-electron chi connectivity index (χ4n) is 3.14. The molecule has 1 aromatic rings. The number of nitrogens with zero attached hydrogens (tertiary/aromatic N) is 2. The van der Waals surface area contributed by atoms with Crippen molar-refractivity contribution in [3.8, 4) is 0 Å². The molecule has 28 heavy (non-hydrogen) atoms. The summed E-state index contributed by atoms with van der Waals surface area (Å²) >= 11 is 1.31. The van der Waals surface area contributed by atoms with E-state index in [4.69, 9.17) is 4.74 Å². The smallest absolute Gasteiger partial charge is 0.350 e. The van der Waals surface area contributed by atoms with Crippen molar-refractivity contribution < 1.29 is 14.3 Å². The number of carbonyl (C=O) groups is 2. The van der Waals surface area contributed by atoms with Gasteiger partial charge in [-0.25, -0.2) is 9.78 Å². The summed E-state index contributed by atoms with van der Waals surface area (Å²) in [6, 6.07) is 0.121. The van der Waals surface area contributed by atoms with Crippen molar-refractivity contribution in [2.45, 2.75) is 65.0 Å². The number of carbonyl (C=O) groups excluding carboxylic acids is 2. The van der Waals surface area contributed by atoms with Gasteiger partial charge in [-0.05, 0) is 33.6 Å². The molecule has 1 atom stereocenters. The molecule has 1 amide bonds. The number of ether oxygens (including phenoxy) is 1. The number of aryl methyl sites for hydroxylation is 1. The molecule has 0 saturated heterocycles. The third kappa shape index (κ3) is 6.47. The molecule has 1 aliphatic carbocycles. The van der Waals surface area contributed by atoms with Crippen molar-refractivity contribution in [2.75, 3.05) is 20.2 Å². The fourth-order valence-corrected chi connectivity index (χ4v) is 4.10. The monoisotopic (exact) mass is 409 g/mol. The van der Waals surface area contributed by atoms with E-state index < -0.39 is 0 Å². The molecule has 1 fully saturated rings. The van der Waals surface area contributed by atoms with Gasteiger partial charge < -0.3 is 20.7 Å². The molecule has 1 unspecified atom stereocenters. The second-order valence-electron chi connectivity index (χ2n) is 6.88. The Balaban J connectivity index is 1.85. The summed E-state index contributed by atoms with van der Waals surface area (Å²) in [7, 11) is 1.65. The molecule has 0 aromatic carbocycles. The van der Waals surface area contributed by atoms with Crippen LogP contribution in [0.25, 0.3) is 0 Å². The molecule has 1 saturated carbocycles. The van der Waals surface area contributed by atoms with Gasteiger partial charge in [0.2, 0.25) is 5.91 Å². The number of esters is 1. The zero-order valence-corrected chi connectivity index (χ0v) is 17.9. The number of hydrogen-bond acceptors (Lipinski definition) is 6. The topological polar surface area (TPSA) is 105 Å². The Hall–Kier alpha value is -2.16. The third-order valence-corrected chi connectivity index (χ3v) is 5.93. The summed E-state index contributed by atoms with van der Waals surface area (Å²) in [5.74, 6) is 0.131. The van der Waals surface area contributed by atoms with Gasteiger partial charge in [-0.1, -0.05) is 19.3 Å². The average Bonchev–Trinajstić information content (AvgIpc) is 3.08. The summed E-state index contributed by atoms with van der Waals surface area (Å²) in [4.78, 5) is 33.3. The Morgan fingerprint density at radius 3 is 2.68 bits per heavy atom. The van der Waals surface area contributed by atoms with Crippen LogP contribution >= 0.6 is 11.3 Å². The van der Waals surface area contributed by atoms with Crippen molar-refractivity contribution >= 4 is 29.2 Å². The van der Waals surface area contributed by atoms with Crippen LogP contribution in [0.4, 0.5) is 0 Å². The summed E-state index contributed by atoms with van der Waals surface area (Å²) < 4.78 is 5.06. The maximum atomic E-state index is 12.2. The van der Waals surface area contributed by atoms with Gasteiger partial charge in [-0.2, -0.15) is 0 Å². The molecule has 1 aliphatic rings. The summed E-state index contributed by atoms with van der Waals surface area (Å²) in [5, 5.41) is 10.1. The van der Waals surface area contributed by atoms with Crippen molar-refractivity contribution in [3.63, 3.8) is 0 Å². The van der Waals surface area contributed by atoms with Crippen LogP contribution in [-0.2, 0) is 9.53 Å². The van der Waals surface area contributed by atoms with Gasteiger partial charge in [0.1, 0.15) is 9.88 Å². The van der Waals surface area contributed by atoms with Gasteiger partial charge in [0.15, 0.2) is 5.96 Å². The van der Waals surface area contributed by atoms with E-state index in [1.54, 1.807) is 20.9 Å². The van der Waals surface area contributed by atoms with Gasteiger partial charge in [-0.15, -0.1) is 11.3 Å². The van der Waals surface area contributed by atoms with E-state index >= 15 is 0 Å². The van der Waals surface area contributed by atoms with Gasteiger partial charge in [0.05, 0.1) is 24.9 Å². The quantitative estimate of drug-likeness (QED) is 0.363. The lowest BCUT2D eigenvalue weighted by Gasteiger charge is -2.23. The molecular formula is C19H31N5O3S. The molecule has 0 spiro atoms. The number of aromatic nitrogens is 1. The number of guanidine groups is 1. The molecule has 156 valence electrons. The molecule has 3 N–H and O–H groups in total. The number of nitrogens with one attached hydrogen (secondary N) is 3. The average molecular weight is 410 g/mol. The van der Waals surface area contributed by atoms with Crippen molar-refractivity contribution in [1.82, 2.24) is 20.9 Å². The van der Waals surface area contributed by atoms with Gasteiger partial charge in [0, 0.05) is 13.1 Å². The molecule has 0 bridgehead atoms. The predicted molar refractivity (Wildman–Crippen MR) is 111 cm³/mol. The van der Waals surface area contributed by atoms with E-state index in [2.05, 4.69) is 25.9 Å². The van der Waals surface area contributed by atoms with E-state index in [1.165, 1.54) is 30.6 Å². The number of thiazole rings is 1. The first-order chi connectivity index (χ1) is 13.4. The molecule has 1 aromatic heterocycles. The van der Waals surface area contributed by atoms with Crippen LogP contribution in [0.1, 0.15) is 72.4 Å². The Bertz CT molecular complexity index is 698. The van der Waals surface area contributed by atoms with E-state index in [0.29, 0.717) is 23.1 Å². The highest BCUT2D eigenvalue weighted by atomic mass is 32.1. The molecule has 0 radical (unpaired) electrons. The second-order valence-corrected chi connectivity index (χ2v) is 7.91. The first-order valence-electron chi connectivity index (χ1n) is 9.85. The normalized spacial score (nSPS) is 16.4. The largest absolute Gasteiger partial charge is 0.462 e. The van der Waals surface area contributed by atoms with Gasteiger partial charge in [0.25, 0.3) is 0 Å². The van der Waals surface area contributed by atoms with Crippen LogP contribution in [-0.4, -0.2) is 49.1 Å². The molecular weight excluding hydrogens is 378 g/mol. The van der Waals surface area contributed by atoms with Crippen molar-refractivity contribution in [3.05, 3.63) is 15.6 Å². The lowest BCUT2D eigenvalue weighted by molar-refractivity contribution is -0.120. The van der Waals surface area contributed by atoms with Crippen LogP contribution in [0.5, 0.6) is 0 Å². The van der Waals surface area contributed by atoms with Crippen LogP contribution in [0.15, 0.2) is 4.99 Å². The van der Waals surface area contributed by atoms with Crippen LogP contribution in [0.2, 0.25) is 0 Å². The summed E-state index contributed by atoms with van der Waals surface area (Å²) in [6.07, 6.45) is 5.73. The SMILES string of the molecule is CCOC(=O)c1sc(C(C)NC(=NC)NCC(=O)NC2CCCCC2)nc1C. The van der Waals surface area contributed by atoms with E-state index in [9.17, 15) is 9.59 Å². The first kappa shape index (κ1) is 22.1. The zero-order valence-electron chi connectivity index (χ0n) is 17.1. The van der Waals surface area contributed by atoms with Gasteiger partial charge >= 0.3 is 5.97 Å². The Labute approximate surface area is 170 Å². The van der Waals surface area contributed by atoms with Crippen LogP contribution in [0.3, 0.4) is 0 Å². The Morgan fingerprint density at radius 2 is 2.04 bits per heavy atom. The maximum absolute atomic E-state index is 12.2. The Kier molecular flexibility index (Phi) is 8.69. The third-order valence-electron chi connectivity index (χ3n) is 4.61. The number of amides is 1. The molecule has 0 aliphatic heterocycles. The minimum absolute atomic E-state index is 0.0304. The van der Waals surface area contributed by atoms with Crippen molar-refractivity contribution in [2.24, 2.45) is 4.99 Å². The fraction of sp³-hybridized carbons (Fsp3) is 0.684. The standard InChI is InChI=1S/C19H31N5O3S/c1-5-27-18(26)16-12(2)22-17(28-16)13(3)23-19(20-4)21-11-15(25)24-14-9-7-6-8-10-14/h13-14H,5-11H2,1-4H3,(H,24,25)(H2,20,21,23). The Morgan fingerprint density at radius 1 is 1.32 bits per heavy atom. The minimum atomic E-state index is -0.349. The summed E-state index contributed by atoms with van der Waals surface area (Å²) in [6.45, 7) is 6.00. The minimum Gasteiger partial charge on any atom is -0.462 e. The highest BCUT2D eigenvalue weighted by Gasteiger charge is 2.20.